The molecule has 0 bridgehead atoms. The van der Waals surface area contributed by atoms with Crippen molar-refractivity contribution in [3.63, 3.8) is 0 Å². The Morgan fingerprint density at radius 3 is 2.58 bits per heavy atom. The van der Waals surface area contributed by atoms with Gasteiger partial charge < -0.3 is 25.5 Å². The SMILES string of the molecule is COc1cccc(SNc2ccc(CC(=O)NCc3ccc(-c4cnc(N)[nH]4)cc3)cn2)c1. The Labute approximate surface area is 196 Å². The first kappa shape index (κ1) is 22.2. The summed E-state index contributed by atoms with van der Waals surface area (Å²) in [6.45, 7) is 0.453. The molecule has 0 aliphatic heterocycles. The molecule has 168 valence electrons. The maximum absolute atomic E-state index is 12.3. The minimum absolute atomic E-state index is 0.0614. The van der Waals surface area contributed by atoms with Gasteiger partial charge >= 0.3 is 0 Å². The number of pyridine rings is 1. The van der Waals surface area contributed by atoms with Crippen LogP contribution in [0, 0.1) is 0 Å². The van der Waals surface area contributed by atoms with Crippen LogP contribution in [0.1, 0.15) is 11.1 Å². The highest BCUT2D eigenvalue weighted by molar-refractivity contribution is 8.00. The highest BCUT2D eigenvalue weighted by atomic mass is 32.2. The van der Waals surface area contributed by atoms with Crippen molar-refractivity contribution in [1.29, 1.82) is 0 Å². The van der Waals surface area contributed by atoms with Gasteiger partial charge in [0.15, 0.2) is 5.95 Å². The summed E-state index contributed by atoms with van der Waals surface area (Å²) in [5, 5.41) is 2.94. The molecule has 0 unspecified atom stereocenters. The van der Waals surface area contributed by atoms with Crippen molar-refractivity contribution in [1.82, 2.24) is 20.3 Å². The molecule has 2 aromatic heterocycles. The molecule has 0 saturated carbocycles. The number of nitrogens with zero attached hydrogens (tertiary/aromatic N) is 2. The van der Waals surface area contributed by atoms with Crippen molar-refractivity contribution < 1.29 is 9.53 Å². The van der Waals surface area contributed by atoms with Gasteiger partial charge in [0, 0.05) is 17.6 Å². The van der Waals surface area contributed by atoms with E-state index in [1.807, 2.05) is 60.7 Å². The molecule has 1 amide bonds. The van der Waals surface area contributed by atoms with Crippen LogP contribution in [0.3, 0.4) is 0 Å². The Morgan fingerprint density at radius 2 is 1.88 bits per heavy atom. The van der Waals surface area contributed by atoms with Gasteiger partial charge in [0.25, 0.3) is 0 Å². The van der Waals surface area contributed by atoms with Crippen LogP contribution in [0.4, 0.5) is 11.8 Å². The number of benzene rings is 2. The topological polar surface area (TPSA) is 118 Å². The molecular weight excluding hydrogens is 436 g/mol. The lowest BCUT2D eigenvalue weighted by atomic mass is 10.1. The third-order valence-electron chi connectivity index (χ3n) is 4.85. The van der Waals surface area contributed by atoms with Crippen LogP contribution in [0.15, 0.2) is 78.0 Å². The van der Waals surface area contributed by atoms with Crippen molar-refractivity contribution in [3.8, 4) is 17.0 Å². The number of hydrogen-bond donors (Lipinski definition) is 4. The van der Waals surface area contributed by atoms with E-state index in [0.29, 0.717) is 18.3 Å². The van der Waals surface area contributed by atoms with Gasteiger partial charge in [-0.15, -0.1) is 0 Å². The Morgan fingerprint density at radius 1 is 1.06 bits per heavy atom. The van der Waals surface area contributed by atoms with Crippen LogP contribution in [0.5, 0.6) is 5.75 Å². The van der Waals surface area contributed by atoms with Crippen molar-refractivity contribution >= 4 is 29.6 Å². The maximum Gasteiger partial charge on any atom is 0.224 e. The normalized spacial score (nSPS) is 10.6. The van der Waals surface area contributed by atoms with Gasteiger partial charge in [-0.3, -0.25) is 4.79 Å². The number of carbonyl (C=O) groups excluding carboxylic acids is 1. The Kier molecular flexibility index (Phi) is 7.11. The number of nitrogen functional groups attached to an aromatic ring is 1. The van der Waals surface area contributed by atoms with Crippen molar-refractivity contribution in [2.45, 2.75) is 17.9 Å². The van der Waals surface area contributed by atoms with Crippen molar-refractivity contribution in [2.24, 2.45) is 0 Å². The number of anilines is 2. The van der Waals surface area contributed by atoms with E-state index in [4.69, 9.17) is 10.5 Å². The summed E-state index contributed by atoms with van der Waals surface area (Å²) in [7, 11) is 1.64. The molecule has 4 rings (SSSR count). The van der Waals surface area contributed by atoms with Crippen LogP contribution in [-0.2, 0) is 17.8 Å². The van der Waals surface area contributed by atoms with Gasteiger partial charge in [-0.05, 0) is 52.9 Å². The Bertz CT molecular complexity index is 1210. The third-order valence-corrected chi connectivity index (χ3v) is 5.66. The van der Waals surface area contributed by atoms with Gasteiger partial charge in [-0.25, -0.2) is 9.97 Å². The molecule has 0 radical (unpaired) electrons. The number of nitrogens with one attached hydrogen (secondary N) is 3. The van der Waals surface area contributed by atoms with Gasteiger partial charge in [-0.1, -0.05) is 36.4 Å². The van der Waals surface area contributed by atoms with Gasteiger partial charge in [0.2, 0.25) is 5.91 Å². The lowest BCUT2D eigenvalue weighted by molar-refractivity contribution is -0.120. The molecule has 8 nitrogen and oxygen atoms in total. The fourth-order valence-electron chi connectivity index (χ4n) is 3.10. The van der Waals surface area contributed by atoms with Crippen LogP contribution in [0.2, 0.25) is 0 Å². The molecule has 9 heteroatoms. The summed E-state index contributed by atoms with van der Waals surface area (Å²) in [6, 6.07) is 19.4. The largest absolute Gasteiger partial charge is 0.497 e. The molecule has 0 atom stereocenters. The van der Waals surface area contributed by atoms with E-state index in [2.05, 4.69) is 25.0 Å². The Hall–Kier alpha value is -3.98. The number of ether oxygens (including phenoxy) is 1. The predicted octanol–water partition coefficient (Wildman–Crippen LogP) is 4.04. The Balaban J connectivity index is 1.24. The summed E-state index contributed by atoms with van der Waals surface area (Å²) < 4.78 is 8.42. The smallest absolute Gasteiger partial charge is 0.224 e. The fourth-order valence-corrected chi connectivity index (χ4v) is 3.76. The molecule has 0 aliphatic carbocycles. The number of hydrogen-bond acceptors (Lipinski definition) is 7. The number of H-pyrrole nitrogens is 1. The number of aromatic nitrogens is 3. The molecule has 4 aromatic rings. The average Bonchev–Trinajstić information content (AvgIpc) is 3.29. The van der Waals surface area contributed by atoms with Gasteiger partial charge in [0.05, 0.1) is 25.4 Å². The second-order valence-corrected chi connectivity index (χ2v) is 8.15. The molecule has 2 heterocycles. The molecule has 2 aromatic carbocycles. The van der Waals surface area contributed by atoms with Crippen LogP contribution in [0.25, 0.3) is 11.3 Å². The van der Waals surface area contributed by atoms with E-state index in [1.54, 1.807) is 19.5 Å². The maximum atomic E-state index is 12.3. The van der Waals surface area contributed by atoms with E-state index in [9.17, 15) is 4.79 Å². The summed E-state index contributed by atoms with van der Waals surface area (Å²) in [6.07, 6.45) is 3.67. The number of rotatable bonds is 9. The zero-order chi connectivity index (χ0) is 23.0. The zero-order valence-corrected chi connectivity index (χ0v) is 18.9. The average molecular weight is 461 g/mol. The lowest BCUT2D eigenvalue weighted by Crippen LogP contribution is -2.24. The third kappa shape index (κ3) is 6.27. The zero-order valence-electron chi connectivity index (χ0n) is 18.0. The van der Waals surface area contributed by atoms with E-state index in [1.165, 1.54) is 11.9 Å². The second-order valence-electron chi connectivity index (χ2n) is 7.27. The molecular formula is C24H24N6O2S. The van der Waals surface area contributed by atoms with E-state index >= 15 is 0 Å². The summed E-state index contributed by atoms with van der Waals surface area (Å²) in [5.74, 6) is 1.84. The number of amides is 1. The summed E-state index contributed by atoms with van der Waals surface area (Å²) in [5.41, 5.74) is 9.31. The van der Waals surface area contributed by atoms with E-state index < -0.39 is 0 Å². The molecule has 0 fully saturated rings. The summed E-state index contributed by atoms with van der Waals surface area (Å²) in [4.78, 5) is 24.7. The molecule has 5 N–H and O–H groups in total. The van der Waals surface area contributed by atoms with Crippen molar-refractivity contribution in [3.05, 3.63) is 84.2 Å². The standard InChI is InChI=1S/C24H24N6O2S/c1-32-19-3-2-4-20(12-19)33-30-22-10-7-17(14-26-22)11-23(31)27-13-16-5-8-18(9-6-16)21-15-28-24(25)29-21/h2-10,12,14-15H,11,13H2,1H3,(H,26,30)(H,27,31)(H3,25,28,29). The number of carbonyl (C=O) groups is 1. The number of methoxy groups -OCH3 is 1. The lowest BCUT2D eigenvalue weighted by Gasteiger charge is -2.08. The number of imidazole rings is 1. The summed E-state index contributed by atoms with van der Waals surface area (Å²) >= 11 is 1.45. The molecule has 0 spiro atoms. The highest BCUT2D eigenvalue weighted by Crippen LogP contribution is 2.24. The van der Waals surface area contributed by atoms with Gasteiger partial charge in [0.1, 0.15) is 11.6 Å². The minimum Gasteiger partial charge on any atom is -0.497 e. The molecule has 0 saturated heterocycles. The van der Waals surface area contributed by atoms with Crippen LogP contribution < -0.4 is 20.5 Å². The molecule has 0 aliphatic rings. The van der Waals surface area contributed by atoms with Gasteiger partial charge in [-0.2, -0.15) is 0 Å². The fraction of sp³-hybridized carbons (Fsp3) is 0.125. The number of nitrogens with two attached hydrogens (primary N) is 1. The predicted molar refractivity (Wildman–Crippen MR) is 131 cm³/mol. The minimum atomic E-state index is -0.0614. The van der Waals surface area contributed by atoms with Crippen LogP contribution >= 0.6 is 11.9 Å². The van der Waals surface area contributed by atoms with E-state index in [0.717, 1.165) is 33.0 Å². The van der Waals surface area contributed by atoms with Crippen LogP contribution in [-0.4, -0.2) is 28.0 Å². The first-order valence-electron chi connectivity index (χ1n) is 10.3. The van der Waals surface area contributed by atoms with E-state index in [-0.39, 0.29) is 12.3 Å². The first-order valence-corrected chi connectivity index (χ1v) is 11.1. The molecule has 33 heavy (non-hydrogen) atoms. The monoisotopic (exact) mass is 460 g/mol. The second kappa shape index (κ2) is 10.6. The first-order chi connectivity index (χ1) is 16.1. The van der Waals surface area contributed by atoms with Crippen molar-refractivity contribution in [2.75, 3.05) is 17.6 Å². The quantitative estimate of drug-likeness (QED) is 0.278. The number of aromatic amines is 1. The highest BCUT2D eigenvalue weighted by Gasteiger charge is 2.06.